The number of ether oxygens (including phenoxy) is 1. The number of fused-ring (bicyclic) bond motifs is 1. The van der Waals surface area contributed by atoms with Crippen LogP contribution in [0, 0.1) is 5.92 Å². The van der Waals surface area contributed by atoms with Gasteiger partial charge in [-0.05, 0) is 5.56 Å². The number of rotatable bonds is 3. The molecule has 1 aromatic heterocycles. The number of hydrogen-bond acceptors (Lipinski definition) is 4. The summed E-state index contributed by atoms with van der Waals surface area (Å²) in [4.78, 5) is 26.9. The van der Waals surface area contributed by atoms with Gasteiger partial charge in [0.25, 0.3) is 11.8 Å². The van der Waals surface area contributed by atoms with Crippen LogP contribution < -0.4 is 15.6 Å². The number of carbonyl (C=O) groups is 1. The van der Waals surface area contributed by atoms with Gasteiger partial charge in [-0.15, -0.1) is 0 Å². The highest BCUT2D eigenvalue weighted by atomic mass is 19.3. The molecule has 0 bridgehead atoms. The summed E-state index contributed by atoms with van der Waals surface area (Å²) >= 11 is 0. The summed E-state index contributed by atoms with van der Waals surface area (Å²) in [5.41, 5.74) is 2.44. The number of amides is 1. The van der Waals surface area contributed by atoms with Gasteiger partial charge in [-0.2, -0.15) is 0 Å². The van der Waals surface area contributed by atoms with Crippen LogP contribution in [0.25, 0.3) is 0 Å². The minimum absolute atomic E-state index is 0.0555. The molecular formula is C19H17F2N3O3. The fourth-order valence-electron chi connectivity index (χ4n) is 4.17. The minimum atomic E-state index is -2.80. The Balaban J connectivity index is 1.52. The lowest BCUT2D eigenvalue weighted by Gasteiger charge is -2.44. The Hall–Kier alpha value is -2.90. The van der Waals surface area contributed by atoms with Crippen LogP contribution in [-0.4, -0.2) is 33.6 Å². The van der Waals surface area contributed by atoms with Gasteiger partial charge in [0.05, 0.1) is 5.92 Å². The fraction of sp³-hybridized carbons (Fsp3) is 0.368. The zero-order chi connectivity index (χ0) is 18.8. The molecule has 1 N–H and O–H groups in total. The molecule has 1 saturated carbocycles. The van der Waals surface area contributed by atoms with Gasteiger partial charge in [0.2, 0.25) is 5.43 Å². The molecular weight excluding hydrogens is 356 g/mol. The maximum absolute atomic E-state index is 14.1. The summed E-state index contributed by atoms with van der Waals surface area (Å²) in [6.45, 7) is 0.0722. The van der Waals surface area contributed by atoms with Crippen LogP contribution in [0.3, 0.4) is 0 Å². The second-order valence-corrected chi connectivity index (χ2v) is 7.26. The van der Waals surface area contributed by atoms with Gasteiger partial charge in [-0.1, -0.05) is 30.3 Å². The maximum Gasteiger partial charge on any atom is 0.278 e. The van der Waals surface area contributed by atoms with Gasteiger partial charge in [0.1, 0.15) is 12.3 Å². The summed E-state index contributed by atoms with van der Waals surface area (Å²) in [5.74, 6) is -4.23. The van der Waals surface area contributed by atoms with E-state index in [1.165, 1.54) is 21.8 Å². The minimum Gasteiger partial charge on any atom is -0.482 e. The first kappa shape index (κ1) is 16.3. The molecule has 2 aliphatic heterocycles. The van der Waals surface area contributed by atoms with Gasteiger partial charge >= 0.3 is 0 Å². The third-order valence-corrected chi connectivity index (χ3v) is 5.63. The van der Waals surface area contributed by atoms with E-state index in [9.17, 15) is 18.4 Å². The van der Waals surface area contributed by atoms with Crippen molar-refractivity contribution in [3.63, 3.8) is 0 Å². The molecule has 1 aliphatic carbocycles. The van der Waals surface area contributed by atoms with Gasteiger partial charge in [-0.3, -0.25) is 19.7 Å². The van der Waals surface area contributed by atoms with Crippen molar-refractivity contribution in [1.82, 2.24) is 9.58 Å². The Kier molecular flexibility index (Phi) is 3.20. The third kappa shape index (κ3) is 2.28. The zero-order valence-electron chi connectivity index (χ0n) is 14.3. The van der Waals surface area contributed by atoms with E-state index < -0.39 is 28.8 Å². The summed E-state index contributed by atoms with van der Waals surface area (Å²) in [6.07, 6.45) is 1.22. The van der Waals surface area contributed by atoms with E-state index in [1.54, 1.807) is 0 Å². The van der Waals surface area contributed by atoms with E-state index >= 15 is 0 Å². The van der Waals surface area contributed by atoms with Crippen LogP contribution in [0.15, 0.2) is 47.4 Å². The number of nitrogens with zero attached hydrogens (tertiary/aromatic N) is 2. The van der Waals surface area contributed by atoms with E-state index in [4.69, 9.17) is 4.74 Å². The molecule has 6 nitrogen and oxygen atoms in total. The SMILES string of the molecule is O=C1c2c(OCc3ccccc3)c(=O)ccn2NC23C[C@@H]2C(F)(F)CCN13. The number of benzene rings is 1. The second kappa shape index (κ2) is 5.31. The van der Waals surface area contributed by atoms with Crippen molar-refractivity contribution in [2.24, 2.45) is 5.92 Å². The number of hydrogen-bond donors (Lipinski definition) is 1. The van der Waals surface area contributed by atoms with Crippen LogP contribution in [0.5, 0.6) is 5.75 Å². The molecule has 1 saturated heterocycles. The molecule has 2 aromatic rings. The smallest absolute Gasteiger partial charge is 0.278 e. The molecule has 27 heavy (non-hydrogen) atoms. The summed E-state index contributed by atoms with van der Waals surface area (Å²) in [6, 6.07) is 10.5. The van der Waals surface area contributed by atoms with Crippen LogP contribution in [0.2, 0.25) is 0 Å². The standard InChI is InChI=1S/C19H17F2N3O3/c20-18(21)7-9-23-17(26)15-16(27-11-12-4-2-1-3-5-12)13(25)6-8-24(15)22-19(23)10-14(18)19/h1-6,8,14,22H,7,9-11H2/t14-,19?/m1/s1. The maximum atomic E-state index is 14.1. The predicted octanol–water partition coefficient (Wildman–Crippen LogP) is 2.18. The molecule has 3 aliphatic rings. The highest BCUT2D eigenvalue weighted by molar-refractivity contribution is 5.97. The fourth-order valence-corrected chi connectivity index (χ4v) is 4.17. The highest BCUT2D eigenvalue weighted by Crippen LogP contribution is 2.60. The van der Waals surface area contributed by atoms with E-state index in [-0.39, 0.29) is 37.4 Å². The summed E-state index contributed by atoms with van der Waals surface area (Å²) in [7, 11) is 0. The molecule has 2 atom stereocenters. The molecule has 1 unspecified atom stereocenters. The molecule has 5 rings (SSSR count). The van der Waals surface area contributed by atoms with E-state index in [0.717, 1.165) is 5.56 Å². The van der Waals surface area contributed by atoms with Gasteiger partial charge in [0.15, 0.2) is 11.4 Å². The van der Waals surface area contributed by atoms with Crippen molar-refractivity contribution >= 4 is 5.91 Å². The summed E-state index contributed by atoms with van der Waals surface area (Å²) in [5, 5.41) is 0. The van der Waals surface area contributed by atoms with Crippen LogP contribution in [-0.2, 0) is 6.61 Å². The second-order valence-electron chi connectivity index (χ2n) is 7.26. The molecule has 3 heterocycles. The number of halogens is 2. The van der Waals surface area contributed by atoms with Crippen molar-refractivity contribution in [1.29, 1.82) is 0 Å². The molecule has 2 fully saturated rings. The number of piperidine rings is 1. The van der Waals surface area contributed by atoms with Crippen molar-refractivity contribution in [3.05, 3.63) is 64.1 Å². The first-order valence-corrected chi connectivity index (χ1v) is 8.83. The first-order valence-electron chi connectivity index (χ1n) is 8.83. The topological polar surface area (TPSA) is 63.6 Å². The lowest BCUT2D eigenvalue weighted by atomic mass is 10.0. The molecule has 0 radical (unpaired) electrons. The Morgan fingerprint density at radius 3 is 2.74 bits per heavy atom. The lowest BCUT2D eigenvalue weighted by Crippen LogP contribution is -2.61. The van der Waals surface area contributed by atoms with Crippen LogP contribution in [0.1, 0.15) is 28.9 Å². The third-order valence-electron chi connectivity index (χ3n) is 5.63. The predicted molar refractivity (Wildman–Crippen MR) is 92.3 cm³/mol. The average Bonchev–Trinajstić information content (AvgIpc) is 3.38. The molecule has 140 valence electrons. The Labute approximate surface area is 153 Å². The quantitative estimate of drug-likeness (QED) is 0.896. The Morgan fingerprint density at radius 2 is 1.96 bits per heavy atom. The van der Waals surface area contributed by atoms with Gasteiger partial charge in [-0.25, -0.2) is 8.78 Å². The van der Waals surface area contributed by atoms with Crippen molar-refractivity contribution < 1.29 is 18.3 Å². The Morgan fingerprint density at radius 1 is 1.19 bits per heavy atom. The molecule has 1 aromatic carbocycles. The van der Waals surface area contributed by atoms with Crippen molar-refractivity contribution in [2.75, 3.05) is 12.0 Å². The van der Waals surface area contributed by atoms with E-state index in [0.29, 0.717) is 0 Å². The molecule has 1 amide bonds. The number of alkyl halides is 2. The van der Waals surface area contributed by atoms with Crippen LogP contribution >= 0.6 is 0 Å². The number of carbonyl (C=O) groups excluding carboxylic acids is 1. The number of nitrogens with one attached hydrogen (secondary N) is 1. The summed E-state index contributed by atoms with van der Waals surface area (Å²) < 4.78 is 35.2. The van der Waals surface area contributed by atoms with E-state index in [1.807, 2.05) is 30.3 Å². The molecule has 1 spiro atoms. The zero-order valence-corrected chi connectivity index (χ0v) is 14.3. The number of pyridine rings is 1. The largest absolute Gasteiger partial charge is 0.482 e. The van der Waals surface area contributed by atoms with Crippen LogP contribution in [0.4, 0.5) is 8.78 Å². The highest BCUT2D eigenvalue weighted by Gasteiger charge is 2.74. The van der Waals surface area contributed by atoms with Gasteiger partial charge in [0, 0.05) is 31.6 Å². The average molecular weight is 373 g/mol. The Bertz CT molecular complexity index is 991. The monoisotopic (exact) mass is 373 g/mol. The number of aromatic nitrogens is 1. The first-order chi connectivity index (χ1) is 12.9. The van der Waals surface area contributed by atoms with Crippen molar-refractivity contribution in [2.45, 2.75) is 31.0 Å². The van der Waals surface area contributed by atoms with Gasteiger partial charge < -0.3 is 9.64 Å². The lowest BCUT2D eigenvalue weighted by molar-refractivity contribution is -0.0769. The van der Waals surface area contributed by atoms with E-state index in [2.05, 4.69) is 5.43 Å². The molecule has 8 heteroatoms. The normalized spacial score (nSPS) is 27.1. The van der Waals surface area contributed by atoms with Crippen molar-refractivity contribution in [3.8, 4) is 5.75 Å².